The van der Waals surface area contributed by atoms with Crippen LogP contribution in [0.15, 0.2) is 12.1 Å². The fraction of sp³-hybridized carbons (Fsp3) is 0.571. The third kappa shape index (κ3) is 2.99. The van der Waals surface area contributed by atoms with Crippen molar-refractivity contribution in [2.45, 2.75) is 38.8 Å². The van der Waals surface area contributed by atoms with Crippen molar-refractivity contribution in [2.24, 2.45) is 5.73 Å². The number of hydrogen-bond donors (Lipinski definition) is 2. The lowest BCUT2D eigenvalue weighted by molar-refractivity contribution is 0.406. The summed E-state index contributed by atoms with van der Waals surface area (Å²) in [6, 6.07) is 4.29. The Morgan fingerprint density at radius 3 is 2.53 bits per heavy atom. The minimum atomic E-state index is 0.0625. The van der Waals surface area contributed by atoms with E-state index in [1.165, 1.54) is 16.7 Å². The average Bonchev–Trinajstić information content (AvgIpc) is 3.01. The molecule has 94 valence electrons. The number of nitrogens with one attached hydrogen (secondary N) is 1. The first-order chi connectivity index (χ1) is 8.04. The van der Waals surface area contributed by atoms with Crippen LogP contribution in [-0.2, 0) is 6.54 Å². The first-order valence-electron chi connectivity index (χ1n) is 6.18. The van der Waals surface area contributed by atoms with Crippen molar-refractivity contribution in [3.8, 4) is 5.75 Å². The van der Waals surface area contributed by atoms with Crippen LogP contribution in [0.4, 0.5) is 0 Å². The van der Waals surface area contributed by atoms with Gasteiger partial charge in [-0.3, -0.25) is 0 Å². The third-order valence-corrected chi connectivity index (χ3v) is 3.58. The molecule has 0 heterocycles. The van der Waals surface area contributed by atoms with E-state index in [0.29, 0.717) is 0 Å². The molecule has 2 rings (SSSR count). The maximum atomic E-state index is 6.04. The Bertz CT molecular complexity index is 411. The fourth-order valence-electron chi connectivity index (χ4n) is 1.96. The van der Waals surface area contributed by atoms with E-state index in [0.717, 1.165) is 31.7 Å². The summed E-state index contributed by atoms with van der Waals surface area (Å²) in [7, 11) is 1.72. The SMILES string of the molecule is COc1cc(C)c(C)cc1CNCC1(N)CC1. The highest BCUT2D eigenvalue weighted by Gasteiger charge is 2.37. The zero-order valence-electron chi connectivity index (χ0n) is 11.0. The average molecular weight is 234 g/mol. The zero-order valence-corrected chi connectivity index (χ0v) is 11.0. The minimum Gasteiger partial charge on any atom is -0.496 e. The van der Waals surface area contributed by atoms with Crippen LogP contribution >= 0.6 is 0 Å². The van der Waals surface area contributed by atoms with E-state index in [4.69, 9.17) is 10.5 Å². The molecule has 3 nitrogen and oxygen atoms in total. The molecule has 0 amide bonds. The molecule has 1 aromatic rings. The van der Waals surface area contributed by atoms with Gasteiger partial charge in [0, 0.05) is 24.2 Å². The van der Waals surface area contributed by atoms with Crippen LogP contribution in [-0.4, -0.2) is 19.2 Å². The number of methoxy groups -OCH3 is 1. The molecule has 0 aromatic heterocycles. The van der Waals surface area contributed by atoms with E-state index < -0.39 is 0 Å². The van der Waals surface area contributed by atoms with E-state index in [9.17, 15) is 0 Å². The molecule has 1 saturated carbocycles. The molecule has 0 spiro atoms. The standard InChI is InChI=1S/C14H22N2O/c1-10-6-12(13(17-3)7-11(10)2)8-16-9-14(15)4-5-14/h6-7,16H,4-5,8-9,15H2,1-3H3. The molecule has 1 aromatic carbocycles. The molecular formula is C14H22N2O. The first-order valence-corrected chi connectivity index (χ1v) is 6.18. The lowest BCUT2D eigenvalue weighted by Gasteiger charge is -2.14. The van der Waals surface area contributed by atoms with Gasteiger partial charge < -0.3 is 15.8 Å². The minimum absolute atomic E-state index is 0.0625. The number of benzene rings is 1. The number of nitrogens with two attached hydrogens (primary N) is 1. The summed E-state index contributed by atoms with van der Waals surface area (Å²) in [4.78, 5) is 0. The number of hydrogen-bond acceptors (Lipinski definition) is 3. The third-order valence-electron chi connectivity index (χ3n) is 3.58. The Hall–Kier alpha value is -1.06. The Balaban J connectivity index is 2.01. The van der Waals surface area contributed by atoms with Crippen LogP contribution in [0.1, 0.15) is 29.5 Å². The molecule has 3 N–H and O–H groups in total. The van der Waals surface area contributed by atoms with Gasteiger partial charge in [-0.15, -0.1) is 0 Å². The number of ether oxygens (including phenoxy) is 1. The molecule has 1 aliphatic carbocycles. The van der Waals surface area contributed by atoms with Crippen molar-refractivity contribution in [2.75, 3.05) is 13.7 Å². The first kappa shape index (κ1) is 12.4. The van der Waals surface area contributed by atoms with Crippen molar-refractivity contribution < 1.29 is 4.74 Å². The summed E-state index contributed by atoms with van der Waals surface area (Å²) in [6.45, 7) is 5.95. The summed E-state index contributed by atoms with van der Waals surface area (Å²) in [6.07, 6.45) is 2.29. The molecule has 0 unspecified atom stereocenters. The highest BCUT2D eigenvalue weighted by molar-refractivity contribution is 5.41. The van der Waals surface area contributed by atoms with Crippen LogP contribution in [0.2, 0.25) is 0 Å². The molecule has 17 heavy (non-hydrogen) atoms. The molecule has 0 aliphatic heterocycles. The summed E-state index contributed by atoms with van der Waals surface area (Å²) in [5, 5.41) is 3.42. The number of aryl methyl sites for hydroxylation is 2. The predicted molar refractivity (Wildman–Crippen MR) is 70.3 cm³/mol. The van der Waals surface area contributed by atoms with Gasteiger partial charge in [-0.1, -0.05) is 6.07 Å². The molecule has 1 aliphatic rings. The highest BCUT2D eigenvalue weighted by atomic mass is 16.5. The van der Waals surface area contributed by atoms with Crippen LogP contribution in [0, 0.1) is 13.8 Å². The predicted octanol–water partition coefficient (Wildman–Crippen LogP) is 1.89. The lowest BCUT2D eigenvalue weighted by atomic mass is 10.0. The Kier molecular flexibility index (Phi) is 3.40. The quantitative estimate of drug-likeness (QED) is 0.818. The molecular weight excluding hydrogens is 212 g/mol. The number of rotatable bonds is 5. The van der Waals surface area contributed by atoms with Crippen LogP contribution in [0.25, 0.3) is 0 Å². The van der Waals surface area contributed by atoms with E-state index in [1.807, 2.05) is 0 Å². The molecule has 1 fully saturated rings. The van der Waals surface area contributed by atoms with Crippen molar-refractivity contribution in [3.05, 3.63) is 28.8 Å². The monoisotopic (exact) mass is 234 g/mol. The van der Waals surface area contributed by atoms with Gasteiger partial charge in [-0.05, 0) is 43.9 Å². The van der Waals surface area contributed by atoms with E-state index in [1.54, 1.807) is 7.11 Å². The van der Waals surface area contributed by atoms with Crippen molar-refractivity contribution in [1.82, 2.24) is 5.32 Å². The summed E-state index contributed by atoms with van der Waals surface area (Å²) in [5.41, 5.74) is 9.88. The molecule has 0 saturated heterocycles. The van der Waals surface area contributed by atoms with Gasteiger partial charge in [0.1, 0.15) is 5.75 Å². The van der Waals surface area contributed by atoms with Gasteiger partial charge in [-0.2, -0.15) is 0 Å². The Morgan fingerprint density at radius 1 is 1.29 bits per heavy atom. The molecule has 3 heteroatoms. The van der Waals surface area contributed by atoms with Crippen LogP contribution in [0.3, 0.4) is 0 Å². The van der Waals surface area contributed by atoms with Gasteiger partial charge in [0.2, 0.25) is 0 Å². The lowest BCUT2D eigenvalue weighted by Crippen LogP contribution is -2.35. The van der Waals surface area contributed by atoms with Crippen LogP contribution in [0.5, 0.6) is 5.75 Å². The summed E-state index contributed by atoms with van der Waals surface area (Å²) < 4.78 is 5.41. The van der Waals surface area contributed by atoms with Gasteiger partial charge in [0.15, 0.2) is 0 Å². The maximum Gasteiger partial charge on any atom is 0.123 e. The smallest absolute Gasteiger partial charge is 0.123 e. The molecule has 0 atom stereocenters. The van der Waals surface area contributed by atoms with E-state index in [2.05, 4.69) is 31.3 Å². The van der Waals surface area contributed by atoms with Gasteiger partial charge >= 0.3 is 0 Å². The van der Waals surface area contributed by atoms with Crippen molar-refractivity contribution in [3.63, 3.8) is 0 Å². The second-order valence-electron chi connectivity index (χ2n) is 5.21. The van der Waals surface area contributed by atoms with Crippen molar-refractivity contribution >= 4 is 0 Å². The topological polar surface area (TPSA) is 47.3 Å². The molecule has 0 radical (unpaired) electrons. The van der Waals surface area contributed by atoms with Gasteiger partial charge in [0.25, 0.3) is 0 Å². The Labute approximate surface area is 103 Å². The highest BCUT2D eigenvalue weighted by Crippen LogP contribution is 2.31. The van der Waals surface area contributed by atoms with E-state index >= 15 is 0 Å². The Morgan fingerprint density at radius 2 is 1.94 bits per heavy atom. The zero-order chi connectivity index (χ0) is 12.5. The second kappa shape index (κ2) is 4.67. The van der Waals surface area contributed by atoms with Crippen LogP contribution < -0.4 is 15.8 Å². The summed E-state index contributed by atoms with van der Waals surface area (Å²) in [5.74, 6) is 0.961. The second-order valence-corrected chi connectivity index (χ2v) is 5.21. The maximum absolute atomic E-state index is 6.04. The molecule has 0 bridgehead atoms. The normalized spacial score (nSPS) is 16.9. The van der Waals surface area contributed by atoms with Crippen molar-refractivity contribution in [1.29, 1.82) is 0 Å². The fourth-order valence-corrected chi connectivity index (χ4v) is 1.96. The van der Waals surface area contributed by atoms with Gasteiger partial charge in [0.05, 0.1) is 7.11 Å². The largest absolute Gasteiger partial charge is 0.496 e. The van der Waals surface area contributed by atoms with Gasteiger partial charge in [-0.25, -0.2) is 0 Å². The van der Waals surface area contributed by atoms with E-state index in [-0.39, 0.29) is 5.54 Å². The summed E-state index contributed by atoms with van der Waals surface area (Å²) >= 11 is 0.